The molecule has 172 valence electrons. The van der Waals surface area contributed by atoms with E-state index in [9.17, 15) is 4.79 Å². The summed E-state index contributed by atoms with van der Waals surface area (Å²) in [4.78, 5) is 19.1. The van der Waals surface area contributed by atoms with Gasteiger partial charge < -0.3 is 19.5 Å². The lowest BCUT2D eigenvalue weighted by molar-refractivity contribution is -0.123. The van der Waals surface area contributed by atoms with Crippen LogP contribution in [0, 0.1) is 5.92 Å². The van der Waals surface area contributed by atoms with Gasteiger partial charge in [0.1, 0.15) is 0 Å². The Hall–Kier alpha value is -2.64. The zero-order chi connectivity index (χ0) is 22.3. The van der Waals surface area contributed by atoms with E-state index in [4.69, 9.17) is 14.2 Å². The number of hydrogen-bond acceptors (Lipinski definition) is 6. The Bertz CT molecular complexity index is 890. The molecule has 2 aromatic rings. The summed E-state index contributed by atoms with van der Waals surface area (Å²) in [6.07, 6.45) is 5.51. The van der Waals surface area contributed by atoms with Crippen molar-refractivity contribution in [1.82, 2.24) is 15.2 Å². The monoisotopic (exact) mass is 439 g/mol. The number of pyridine rings is 1. The molecule has 0 unspecified atom stereocenters. The van der Waals surface area contributed by atoms with Crippen molar-refractivity contribution in [3.05, 3.63) is 53.9 Å². The largest absolute Gasteiger partial charge is 0.490 e. The molecule has 7 heteroatoms. The Balaban J connectivity index is 1.30. The number of carbonyl (C=O) groups is 1. The molecule has 0 bridgehead atoms. The minimum atomic E-state index is -0.0824. The third-order valence-electron chi connectivity index (χ3n) is 5.95. The lowest BCUT2D eigenvalue weighted by Gasteiger charge is -2.25. The highest BCUT2D eigenvalue weighted by Crippen LogP contribution is 2.34. The van der Waals surface area contributed by atoms with Crippen LogP contribution in [0.4, 0.5) is 0 Å². The van der Waals surface area contributed by atoms with Crippen molar-refractivity contribution >= 4 is 5.91 Å². The molecule has 1 fully saturated rings. The standard InChI is InChI=1S/C25H33N3O4/c1-18(2)25(20-4-5-22-23(14-20)31-13-3-12-30-22)27-24(29)16-28-11-8-21(15-28)32-17-19-6-9-26-10-7-19/h4-7,9-10,14,18,21,25H,3,8,11-13,15-17H2,1-2H3,(H,27,29)/t21-,25+/m0/s1. The van der Waals surface area contributed by atoms with Gasteiger partial charge in [-0.05, 0) is 47.7 Å². The zero-order valence-corrected chi connectivity index (χ0v) is 19.0. The molecule has 0 spiro atoms. The quantitative estimate of drug-likeness (QED) is 0.680. The summed E-state index contributed by atoms with van der Waals surface area (Å²) in [5, 5.41) is 3.23. The first-order valence-corrected chi connectivity index (χ1v) is 11.5. The average Bonchev–Trinajstić information content (AvgIpc) is 3.10. The number of nitrogens with one attached hydrogen (secondary N) is 1. The van der Waals surface area contributed by atoms with Gasteiger partial charge in [0, 0.05) is 31.9 Å². The number of ether oxygens (including phenoxy) is 3. The van der Waals surface area contributed by atoms with Crippen LogP contribution >= 0.6 is 0 Å². The van der Waals surface area contributed by atoms with Crippen LogP contribution in [0.2, 0.25) is 0 Å². The van der Waals surface area contributed by atoms with Crippen molar-refractivity contribution in [2.75, 3.05) is 32.8 Å². The van der Waals surface area contributed by atoms with Crippen LogP contribution in [-0.4, -0.2) is 54.7 Å². The van der Waals surface area contributed by atoms with Crippen LogP contribution < -0.4 is 14.8 Å². The molecule has 2 aliphatic rings. The highest BCUT2D eigenvalue weighted by Gasteiger charge is 2.27. The molecule has 1 N–H and O–H groups in total. The third-order valence-corrected chi connectivity index (χ3v) is 5.95. The average molecular weight is 440 g/mol. The minimum Gasteiger partial charge on any atom is -0.490 e. The summed E-state index contributed by atoms with van der Waals surface area (Å²) >= 11 is 0. The van der Waals surface area contributed by atoms with Crippen molar-refractivity contribution in [2.24, 2.45) is 5.92 Å². The van der Waals surface area contributed by atoms with E-state index in [0.717, 1.165) is 48.6 Å². The number of nitrogens with zero attached hydrogens (tertiary/aromatic N) is 2. The van der Waals surface area contributed by atoms with E-state index in [1.54, 1.807) is 12.4 Å². The molecule has 1 aromatic carbocycles. The number of benzene rings is 1. The predicted molar refractivity (Wildman–Crippen MR) is 122 cm³/mol. The van der Waals surface area contributed by atoms with Crippen molar-refractivity contribution < 1.29 is 19.0 Å². The molecule has 1 saturated heterocycles. The molecule has 32 heavy (non-hydrogen) atoms. The van der Waals surface area contributed by atoms with Gasteiger partial charge in [0.2, 0.25) is 5.91 Å². The summed E-state index contributed by atoms with van der Waals surface area (Å²) in [6, 6.07) is 9.82. The molecule has 3 heterocycles. The molecule has 2 atom stereocenters. The first-order valence-electron chi connectivity index (χ1n) is 11.5. The van der Waals surface area contributed by atoms with Crippen LogP contribution in [0.5, 0.6) is 11.5 Å². The van der Waals surface area contributed by atoms with Crippen molar-refractivity contribution in [3.63, 3.8) is 0 Å². The van der Waals surface area contributed by atoms with Gasteiger partial charge in [0.15, 0.2) is 11.5 Å². The normalized spacial score (nSPS) is 19.5. The molecular weight excluding hydrogens is 406 g/mol. The molecule has 2 aliphatic heterocycles. The van der Waals surface area contributed by atoms with E-state index in [0.29, 0.717) is 26.4 Å². The maximum Gasteiger partial charge on any atom is 0.234 e. The topological polar surface area (TPSA) is 72.9 Å². The van der Waals surface area contributed by atoms with Gasteiger partial charge in [-0.2, -0.15) is 0 Å². The van der Waals surface area contributed by atoms with Gasteiger partial charge >= 0.3 is 0 Å². The maximum absolute atomic E-state index is 12.9. The van der Waals surface area contributed by atoms with Crippen molar-refractivity contribution in [3.8, 4) is 11.5 Å². The summed E-state index contributed by atoms with van der Waals surface area (Å²) < 4.78 is 17.6. The number of carbonyl (C=O) groups excluding carboxylic acids is 1. The molecular formula is C25H33N3O4. The number of aromatic nitrogens is 1. The van der Waals surface area contributed by atoms with E-state index in [1.165, 1.54) is 0 Å². The van der Waals surface area contributed by atoms with Gasteiger partial charge in [-0.3, -0.25) is 14.7 Å². The zero-order valence-electron chi connectivity index (χ0n) is 19.0. The molecule has 7 nitrogen and oxygen atoms in total. The Morgan fingerprint density at radius 2 is 1.97 bits per heavy atom. The summed E-state index contributed by atoms with van der Waals surface area (Å²) in [5.74, 6) is 1.81. The second-order valence-corrected chi connectivity index (χ2v) is 8.86. The van der Waals surface area contributed by atoms with Gasteiger partial charge in [-0.15, -0.1) is 0 Å². The van der Waals surface area contributed by atoms with Gasteiger partial charge in [-0.1, -0.05) is 19.9 Å². The second kappa shape index (κ2) is 10.8. The van der Waals surface area contributed by atoms with Crippen molar-refractivity contribution in [2.45, 2.75) is 45.4 Å². The highest BCUT2D eigenvalue weighted by atomic mass is 16.5. The number of hydrogen-bond donors (Lipinski definition) is 1. The summed E-state index contributed by atoms with van der Waals surface area (Å²) in [6.45, 7) is 8.14. The molecule has 1 aromatic heterocycles. The number of rotatable bonds is 8. The van der Waals surface area contributed by atoms with E-state index in [2.05, 4.69) is 29.0 Å². The lowest BCUT2D eigenvalue weighted by atomic mass is 9.95. The van der Waals surface area contributed by atoms with E-state index in [-0.39, 0.29) is 24.0 Å². The number of likely N-dealkylation sites (tertiary alicyclic amines) is 1. The summed E-state index contributed by atoms with van der Waals surface area (Å²) in [7, 11) is 0. The Kier molecular flexibility index (Phi) is 7.60. The summed E-state index contributed by atoms with van der Waals surface area (Å²) in [5.41, 5.74) is 2.16. The van der Waals surface area contributed by atoms with Crippen LogP contribution in [0.15, 0.2) is 42.7 Å². The Morgan fingerprint density at radius 1 is 1.19 bits per heavy atom. The Labute approximate surface area is 190 Å². The molecule has 0 aliphatic carbocycles. The van der Waals surface area contributed by atoms with Crippen LogP contribution in [0.1, 0.15) is 43.9 Å². The fraction of sp³-hybridized carbons (Fsp3) is 0.520. The second-order valence-electron chi connectivity index (χ2n) is 8.86. The molecule has 0 saturated carbocycles. The van der Waals surface area contributed by atoms with Gasteiger partial charge in [0.25, 0.3) is 0 Å². The van der Waals surface area contributed by atoms with Crippen LogP contribution in [0.25, 0.3) is 0 Å². The first kappa shape index (κ1) is 22.6. The Morgan fingerprint density at radius 3 is 2.75 bits per heavy atom. The van der Waals surface area contributed by atoms with E-state index in [1.807, 2.05) is 30.3 Å². The fourth-order valence-electron chi connectivity index (χ4n) is 4.20. The predicted octanol–water partition coefficient (Wildman–Crippen LogP) is 3.35. The molecule has 4 rings (SSSR count). The van der Waals surface area contributed by atoms with Gasteiger partial charge in [-0.25, -0.2) is 0 Å². The van der Waals surface area contributed by atoms with E-state index < -0.39 is 0 Å². The molecule has 1 amide bonds. The fourth-order valence-corrected chi connectivity index (χ4v) is 4.20. The van der Waals surface area contributed by atoms with Gasteiger partial charge in [0.05, 0.1) is 38.5 Å². The van der Waals surface area contributed by atoms with E-state index >= 15 is 0 Å². The smallest absolute Gasteiger partial charge is 0.234 e. The van der Waals surface area contributed by atoms with Crippen LogP contribution in [0.3, 0.4) is 0 Å². The lowest BCUT2D eigenvalue weighted by Crippen LogP contribution is -2.39. The van der Waals surface area contributed by atoms with Crippen LogP contribution in [-0.2, 0) is 16.1 Å². The highest BCUT2D eigenvalue weighted by molar-refractivity contribution is 5.78. The number of amides is 1. The number of fused-ring (bicyclic) bond motifs is 1. The first-order chi connectivity index (χ1) is 15.6. The third kappa shape index (κ3) is 5.99. The minimum absolute atomic E-state index is 0.0330. The van der Waals surface area contributed by atoms with Crippen molar-refractivity contribution in [1.29, 1.82) is 0 Å². The SMILES string of the molecule is CC(C)[C@@H](NC(=O)CN1CC[C@H](OCc2ccncc2)C1)c1ccc2c(c1)OCCCO2. The molecule has 0 radical (unpaired) electrons. The maximum atomic E-state index is 12.9.